The number of anilines is 1. The molecule has 90 valence electrons. The topological polar surface area (TPSA) is 74.6 Å². The number of rotatable bonds is 4. The summed E-state index contributed by atoms with van der Waals surface area (Å²) in [5, 5.41) is 12.1. The number of nitrogens with zero attached hydrogens (tertiary/aromatic N) is 5. The monoisotopic (exact) mass is 232 g/mol. The minimum Gasteiger partial charge on any atom is -0.380 e. The molecule has 0 bridgehead atoms. The van der Waals surface area contributed by atoms with Crippen molar-refractivity contribution < 1.29 is 0 Å². The molecule has 0 aliphatic heterocycles. The number of aryl methyl sites for hydroxylation is 1. The Labute approximate surface area is 99.7 Å². The van der Waals surface area contributed by atoms with Crippen molar-refractivity contribution in [3.8, 4) is 11.4 Å². The van der Waals surface area contributed by atoms with Gasteiger partial charge in [-0.05, 0) is 19.4 Å². The number of hydrogen-bond donors (Lipinski definition) is 1. The molecule has 0 fully saturated rings. The van der Waals surface area contributed by atoms with Crippen molar-refractivity contribution in [3.05, 3.63) is 24.9 Å². The number of allylic oxidation sites excluding steroid dienone is 1. The zero-order chi connectivity index (χ0) is 12.4. The van der Waals surface area contributed by atoms with Crippen LogP contribution in [0.1, 0.15) is 19.4 Å². The van der Waals surface area contributed by atoms with Crippen LogP contribution in [0.2, 0.25) is 0 Å². The molecule has 0 saturated heterocycles. The minimum atomic E-state index is 0.169. The van der Waals surface area contributed by atoms with Gasteiger partial charge in [0.1, 0.15) is 5.69 Å². The number of hydrogen-bond acceptors (Lipinski definition) is 4. The molecule has 0 amide bonds. The smallest absolute Gasteiger partial charge is 0.175 e. The van der Waals surface area contributed by atoms with Gasteiger partial charge in [0.15, 0.2) is 5.82 Å². The van der Waals surface area contributed by atoms with E-state index in [2.05, 4.69) is 28.9 Å². The fourth-order valence-corrected chi connectivity index (χ4v) is 1.81. The summed E-state index contributed by atoms with van der Waals surface area (Å²) in [5.41, 5.74) is 7.58. The van der Waals surface area contributed by atoms with Gasteiger partial charge in [0.2, 0.25) is 0 Å². The highest BCUT2D eigenvalue weighted by molar-refractivity contribution is 5.66. The highest BCUT2D eigenvalue weighted by Gasteiger charge is 2.18. The molecule has 0 aromatic carbocycles. The van der Waals surface area contributed by atoms with Crippen molar-refractivity contribution in [1.29, 1.82) is 0 Å². The summed E-state index contributed by atoms with van der Waals surface area (Å²) in [6.07, 6.45) is 4.40. The highest BCUT2D eigenvalue weighted by Crippen LogP contribution is 2.26. The van der Waals surface area contributed by atoms with Crippen LogP contribution in [0.15, 0.2) is 24.9 Å². The highest BCUT2D eigenvalue weighted by atomic mass is 15.5. The molecule has 17 heavy (non-hydrogen) atoms. The lowest BCUT2D eigenvalue weighted by Gasteiger charge is -2.12. The third-order valence-corrected chi connectivity index (χ3v) is 2.71. The zero-order valence-corrected chi connectivity index (χ0v) is 10.0. The molecule has 0 spiro atoms. The second-order valence-corrected chi connectivity index (χ2v) is 3.98. The molecule has 2 aromatic rings. The van der Waals surface area contributed by atoms with Crippen LogP contribution < -0.4 is 5.73 Å². The SMILES string of the molecule is C=CCC(C)n1nnc(N)c1-c1ccnn1C. The van der Waals surface area contributed by atoms with Gasteiger partial charge in [0.25, 0.3) is 0 Å². The van der Waals surface area contributed by atoms with Crippen LogP contribution >= 0.6 is 0 Å². The Kier molecular flexibility index (Phi) is 2.95. The molecule has 2 rings (SSSR count). The van der Waals surface area contributed by atoms with Crippen molar-refractivity contribution in [2.75, 3.05) is 5.73 Å². The molecule has 6 nitrogen and oxygen atoms in total. The Hall–Kier alpha value is -2.11. The summed E-state index contributed by atoms with van der Waals surface area (Å²) in [5.74, 6) is 0.421. The van der Waals surface area contributed by atoms with Gasteiger partial charge in [-0.15, -0.1) is 11.7 Å². The predicted molar refractivity (Wildman–Crippen MR) is 66.2 cm³/mol. The first kappa shape index (κ1) is 11.4. The Morgan fingerprint density at radius 2 is 2.35 bits per heavy atom. The molecule has 0 aliphatic rings. The molecule has 6 heteroatoms. The van der Waals surface area contributed by atoms with Crippen molar-refractivity contribution in [2.45, 2.75) is 19.4 Å². The Morgan fingerprint density at radius 3 is 2.94 bits per heavy atom. The second-order valence-electron chi connectivity index (χ2n) is 3.98. The first-order valence-corrected chi connectivity index (χ1v) is 5.45. The molecule has 2 N–H and O–H groups in total. The van der Waals surface area contributed by atoms with Gasteiger partial charge >= 0.3 is 0 Å². The molecular weight excluding hydrogens is 216 g/mol. The molecular formula is C11H16N6. The van der Waals surface area contributed by atoms with E-state index in [1.807, 2.05) is 23.9 Å². The third kappa shape index (κ3) is 1.93. The number of nitrogen functional groups attached to an aromatic ring is 1. The van der Waals surface area contributed by atoms with E-state index in [0.29, 0.717) is 5.82 Å². The maximum atomic E-state index is 5.87. The first-order chi connectivity index (χ1) is 8.15. The van der Waals surface area contributed by atoms with E-state index in [1.165, 1.54) is 0 Å². The number of aromatic nitrogens is 5. The summed E-state index contributed by atoms with van der Waals surface area (Å²) < 4.78 is 3.57. The van der Waals surface area contributed by atoms with E-state index in [9.17, 15) is 0 Å². The van der Waals surface area contributed by atoms with E-state index in [-0.39, 0.29) is 6.04 Å². The standard InChI is InChI=1S/C11H16N6/c1-4-5-8(2)17-10(11(12)14-15-17)9-6-7-13-16(9)3/h4,6-8H,1,5,12H2,2-3H3. The first-order valence-electron chi connectivity index (χ1n) is 5.45. The zero-order valence-electron chi connectivity index (χ0n) is 10.0. The van der Waals surface area contributed by atoms with E-state index < -0.39 is 0 Å². The molecule has 2 aromatic heterocycles. The van der Waals surface area contributed by atoms with Crippen LogP contribution in [-0.2, 0) is 7.05 Å². The lowest BCUT2D eigenvalue weighted by atomic mass is 10.2. The van der Waals surface area contributed by atoms with Crippen LogP contribution in [0, 0.1) is 0 Å². The molecule has 1 atom stereocenters. The van der Waals surface area contributed by atoms with Gasteiger partial charge in [-0.25, -0.2) is 4.68 Å². The van der Waals surface area contributed by atoms with Gasteiger partial charge in [0, 0.05) is 13.2 Å². The maximum Gasteiger partial charge on any atom is 0.175 e. The third-order valence-electron chi connectivity index (χ3n) is 2.71. The van der Waals surface area contributed by atoms with E-state index >= 15 is 0 Å². The van der Waals surface area contributed by atoms with Gasteiger partial charge in [-0.1, -0.05) is 11.3 Å². The predicted octanol–water partition coefficient (Wildman–Crippen LogP) is 1.40. The minimum absolute atomic E-state index is 0.169. The largest absolute Gasteiger partial charge is 0.380 e. The van der Waals surface area contributed by atoms with Crippen LogP contribution in [0.25, 0.3) is 11.4 Å². The second kappa shape index (κ2) is 4.40. The maximum absolute atomic E-state index is 5.87. The normalized spacial score (nSPS) is 12.6. The lowest BCUT2D eigenvalue weighted by Crippen LogP contribution is -2.10. The van der Waals surface area contributed by atoms with E-state index in [1.54, 1.807) is 10.9 Å². The van der Waals surface area contributed by atoms with Crippen molar-refractivity contribution in [1.82, 2.24) is 24.8 Å². The van der Waals surface area contributed by atoms with E-state index in [4.69, 9.17) is 5.73 Å². The quantitative estimate of drug-likeness (QED) is 0.808. The average molecular weight is 232 g/mol. The average Bonchev–Trinajstić information content (AvgIpc) is 2.85. The van der Waals surface area contributed by atoms with Crippen LogP contribution in [0.3, 0.4) is 0 Å². The molecule has 0 radical (unpaired) electrons. The molecule has 1 unspecified atom stereocenters. The lowest BCUT2D eigenvalue weighted by molar-refractivity contribution is 0.484. The molecule has 0 aliphatic carbocycles. The van der Waals surface area contributed by atoms with Crippen molar-refractivity contribution in [2.24, 2.45) is 7.05 Å². The van der Waals surface area contributed by atoms with Crippen molar-refractivity contribution in [3.63, 3.8) is 0 Å². The Bertz CT molecular complexity index is 524. The van der Waals surface area contributed by atoms with Gasteiger partial charge in [-0.3, -0.25) is 4.68 Å². The summed E-state index contributed by atoms with van der Waals surface area (Å²) in [4.78, 5) is 0. The van der Waals surface area contributed by atoms with Gasteiger partial charge in [0.05, 0.1) is 11.7 Å². The summed E-state index contributed by atoms with van der Waals surface area (Å²) in [7, 11) is 1.87. The summed E-state index contributed by atoms with van der Waals surface area (Å²) >= 11 is 0. The fourth-order valence-electron chi connectivity index (χ4n) is 1.81. The van der Waals surface area contributed by atoms with Crippen LogP contribution in [0.4, 0.5) is 5.82 Å². The van der Waals surface area contributed by atoms with Gasteiger partial charge < -0.3 is 5.73 Å². The fraction of sp³-hybridized carbons (Fsp3) is 0.364. The molecule has 2 heterocycles. The number of nitrogens with two attached hydrogens (primary N) is 1. The van der Waals surface area contributed by atoms with E-state index in [0.717, 1.165) is 17.8 Å². The molecule has 0 saturated carbocycles. The van der Waals surface area contributed by atoms with Gasteiger partial charge in [-0.2, -0.15) is 5.10 Å². The summed E-state index contributed by atoms with van der Waals surface area (Å²) in [6, 6.07) is 2.06. The van der Waals surface area contributed by atoms with Crippen LogP contribution in [0.5, 0.6) is 0 Å². The summed E-state index contributed by atoms with van der Waals surface area (Å²) in [6.45, 7) is 5.78. The van der Waals surface area contributed by atoms with Crippen LogP contribution in [-0.4, -0.2) is 24.8 Å². The Balaban J connectivity index is 2.50. The van der Waals surface area contributed by atoms with Crippen molar-refractivity contribution >= 4 is 5.82 Å². The Morgan fingerprint density at radius 1 is 1.59 bits per heavy atom.